The largest absolute Gasteiger partial charge is 0.497 e. The monoisotopic (exact) mass is 372 g/mol. The maximum atomic E-state index is 12.2. The standard InChI is InChI=1S/C16H20O6S2/c1-11(16(18)12-3-5-13(21-2)6-4-12)22-15(17)9-23-14-7-8-24(19,20)10-14/h3-6,11,14H,7-10H2,1-2H3/t11-,14+/m0/s1. The van der Waals surface area contributed by atoms with Gasteiger partial charge in [-0.3, -0.25) is 9.59 Å². The molecule has 0 saturated carbocycles. The van der Waals surface area contributed by atoms with Crippen LogP contribution in [0, 0.1) is 0 Å². The van der Waals surface area contributed by atoms with Crippen LogP contribution in [-0.2, 0) is 19.4 Å². The second-order valence-corrected chi connectivity index (χ2v) is 9.08. The number of sulfone groups is 1. The van der Waals surface area contributed by atoms with Crippen molar-refractivity contribution in [1.82, 2.24) is 0 Å². The number of thioether (sulfide) groups is 1. The normalized spacial score (nSPS) is 20.3. The smallest absolute Gasteiger partial charge is 0.316 e. The molecular formula is C16H20O6S2. The zero-order valence-electron chi connectivity index (χ0n) is 13.6. The third kappa shape index (κ3) is 5.24. The molecule has 1 aliphatic heterocycles. The predicted octanol–water partition coefficient (Wildman–Crippen LogP) is 1.73. The Morgan fingerprint density at radius 3 is 2.50 bits per heavy atom. The van der Waals surface area contributed by atoms with Gasteiger partial charge in [0.15, 0.2) is 15.9 Å². The van der Waals surface area contributed by atoms with E-state index in [1.807, 2.05) is 0 Å². The van der Waals surface area contributed by atoms with Crippen LogP contribution in [0.5, 0.6) is 5.75 Å². The van der Waals surface area contributed by atoms with Crippen LogP contribution in [0.1, 0.15) is 23.7 Å². The lowest BCUT2D eigenvalue weighted by atomic mass is 10.1. The first-order valence-corrected chi connectivity index (χ1v) is 10.4. The van der Waals surface area contributed by atoms with Crippen molar-refractivity contribution in [2.24, 2.45) is 0 Å². The van der Waals surface area contributed by atoms with Crippen LogP contribution in [0.4, 0.5) is 0 Å². The average Bonchev–Trinajstić information content (AvgIpc) is 2.91. The van der Waals surface area contributed by atoms with Crippen molar-refractivity contribution in [2.75, 3.05) is 24.4 Å². The molecule has 0 bridgehead atoms. The van der Waals surface area contributed by atoms with E-state index in [0.29, 0.717) is 17.7 Å². The van der Waals surface area contributed by atoms with E-state index in [1.54, 1.807) is 24.3 Å². The summed E-state index contributed by atoms with van der Waals surface area (Å²) in [6, 6.07) is 6.56. The van der Waals surface area contributed by atoms with E-state index in [-0.39, 0.29) is 28.3 Å². The SMILES string of the molecule is COc1ccc(C(=O)[C@H](C)OC(=O)CS[C@@H]2CCS(=O)(=O)C2)cc1. The molecule has 0 unspecified atom stereocenters. The third-order valence-electron chi connectivity index (χ3n) is 3.68. The highest BCUT2D eigenvalue weighted by Gasteiger charge is 2.29. The van der Waals surface area contributed by atoms with Gasteiger partial charge < -0.3 is 9.47 Å². The van der Waals surface area contributed by atoms with E-state index in [2.05, 4.69) is 0 Å². The average molecular weight is 372 g/mol. The molecule has 2 atom stereocenters. The molecule has 8 heteroatoms. The Morgan fingerprint density at radius 2 is 1.96 bits per heavy atom. The van der Waals surface area contributed by atoms with Gasteiger partial charge in [-0.15, -0.1) is 11.8 Å². The van der Waals surface area contributed by atoms with Gasteiger partial charge in [-0.1, -0.05) is 0 Å². The Hall–Kier alpha value is -1.54. The lowest BCUT2D eigenvalue weighted by Crippen LogP contribution is -2.25. The van der Waals surface area contributed by atoms with E-state index in [1.165, 1.54) is 25.8 Å². The highest BCUT2D eigenvalue weighted by atomic mass is 32.2. The summed E-state index contributed by atoms with van der Waals surface area (Å²) in [4.78, 5) is 24.1. The minimum atomic E-state index is -2.96. The van der Waals surface area contributed by atoms with Gasteiger partial charge >= 0.3 is 5.97 Å². The fourth-order valence-corrected chi connectivity index (χ4v) is 5.78. The summed E-state index contributed by atoms with van der Waals surface area (Å²) >= 11 is 1.27. The maximum Gasteiger partial charge on any atom is 0.316 e. The highest BCUT2D eigenvalue weighted by molar-refractivity contribution is 8.02. The molecule has 2 rings (SSSR count). The van der Waals surface area contributed by atoms with Crippen molar-refractivity contribution >= 4 is 33.4 Å². The van der Waals surface area contributed by atoms with Gasteiger partial charge in [0, 0.05) is 10.8 Å². The minimum absolute atomic E-state index is 0.0421. The van der Waals surface area contributed by atoms with E-state index < -0.39 is 21.9 Å². The molecule has 0 spiro atoms. The number of ketones is 1. The van der Waals surface area contributed by atoms with Gasteiger partial charge in [-0.2, -0.15) is 0 Å². The summed E-state index contributed by atoms with van der Waals surface area (Å²) in [5.74, 6) is 0.148. The molecule has 0 aliphatic carbocycles. The molecule has 1 aromatic carbocycles. The third-order valence-corrected chi connectivity index (χ3v) is 6.93. The number of benzene rings is 1. The van der Waals surface area contributed by atoms with Crippen LogP contribution >= 0.6 is 11.8 Å². The molecule has 24 heavy (non-hydrogen) atoms. The van der Waals surface area contributed by atoms with Crippen LogP contribution < -0.4 is 4.74 Å². The number of carbonyl (C=O) groups is 2. The van der Waals surface area contributed by atoms with E-state index in [9.17, 15) is 18.0 Å². The fourth-order valence-electron chi connectivity index (χ4n) is 2.35. The lowest BCUT2D eigenvalue weighted by molar-refractivity contribution is -0.143. The van der Waals surface area contributed by atoms with E-state index in [0.717, 1.165) is 0 Å². The van der Waals surface area contributed by atoms with Gasteiger partial charge in [0.25, 0.3) is 0 Å². The minimum Gasteiger partial charge on any atom is -0.497 e. The summed E-state index contributed by atoms with van der Waals surface area (Å²) in [5, 5.41) is -0.0739. The first-order valence-electron chi connectivity index (χ1n) is 7.50. The Kier molecular flexibility index (Phi) is 6.28. The summed E-state index contributed by atoms with van der Waals surface area (Å²) in [7, 11) is -1.42. The highest BCUT2D eigenvalue weighted by Crippen LogP contribution is 2.24. The van der Waals surface area contributed by atoms with Crippen LogP contribution in [-0.4, -0.2) is 55.9 Å². The molecule has 6 nitrogen and oxygen atoms in total. The Bertz CT molecular complexity index is 696. The van der Waals surface area contributed by atoms with Gasteiger partial charge in [-0.05, 0) is 37.6 Å². The summed E-state index contributed by atoms with van der Waals surface area (Å²) in [6.07, 6.45) is -0.334. The van der Waals surface area contributed by atoms with Gasteiger partial charge in [0.2, 0.25) is 5.78 Å². The number of Topliss-reactive ketones (excluding diaryl/α,β-unsaturated/α-hetero) is 1. The van der Waals surface area contributed by atoms with Gasteiger partial charge in [0.1, 0.15) is 5.75 Å². The van der Waals surface area contributed by atoms with Crippen LogP contribution in [0.3, 0.4) is 0 Å². The van der Waals surface area contributed by atoms with Crippen molar-refractivity contribution < 1.29 is 27.5 Å². The number of methoxy groups -OCH3 is 1. The molecule has 1 aliphatic rings. The molecule has 0 N–H and O–H groups in total. The Morgan fingerprint density at radius 1 is 1.29 bits per heavy atom. The zero-order chi connectivity index (χ0) is 17.7. The molecule has 132 valence electrons. The molecular weight excluding hydrogens is 352 g/mol. The molecule has 1 aromatic rings. The number of hydrogen-bond donors (Lipinski definition) is 0. The first kappa shape index (κ1) is 18.8. The number of hydrogen-bond acceptors (Lipinski definition) is 7. The topological polar surface area (TPSA) is 86.7 Å². The number of carbonyl (C=O) groups excluding carboxylic acids is 2. The van der Waals surface area contributed by atoms with Crippen molar-refractivity contribution in [1.29, 1.82) is 0 Å². The van der Waals surface area contributed by atoms with Crippen LogP contribution in [0.25, 0.3) is 0 Å². The van der Waals surface area contributed by atoms with Crippen molar-refractivity contribution in [2.45, 2.75) is 24.7 Å². The quantitative estimate of drug-likeness (QED) is 0.532. The van der Waals surface area contributed by atoms with E-state index >= 15 is 0 Å². The van der Waals surface area contributed by atoms with Crippen molar-refractivity contribution in [3.8, 4) is 5.75 Å². The van der Waals surface area contributed by atoms with Crippen LogP contribution in [0.2, 0.25) is 0 Å². The van der Waals surface area contributed by atoms with Gasteiger partial charge in [-0.25, -0.2) is 8.42 Å². The number of ether oxygens (including phenoxy) is 2. The number of rotatable bonds is 7. The van der Waals surface area contributed by atoms with Crippen molar-refractivity contribution in [3.63, 3.8) is 0 Å². The van der Waals surface area contributed by atoms with E-state index in [4.69, 9.17) is 9.47 Å². The second kappa shape index (κ2) is 8.02. The van der Waals surface area contributed by atoms with Crippen LogP contribution in [0.15, 0.2) is 24.3 Å². The molecule has 0 radical (unpaired) electrons. The Balaban J connectivity index is 1.81. The van der Waals surface area contributed by atoms with Gasteiger partial charge in [0.05, 0.1) is 24.4 Å². The van der Waals surface area contributed by atoms with Crippen molar-refractivity contribution in [3.05, 3.63) is 29.8 Å². The number of esters is 1. The Labute approximate surface area is 145 Å². The molecule has 0 aromatic heterocycles. The fraction of sp³-hybridized carbons (Fsp3) is 0.500. The summed E-state index contributed by atoms with van der Waals surface area (Å²) in [6.45, 7) is 1.52. The second-order valence-electron chi connectivity index (χ2n) is 5.56. The first-order chi connectivity index (χ1) is 11.3. The maximum absolute atomic E-state index is 12.2. The summed E-state index contributed by atoms with van der Waals surface area (Å²) < 4.78 is 32.9. The summed E-state index contributed by atoms with van der Waals surface area (Å²) in [5.41, 5.74) is 0.436. The lowest BCUT2D eigenvalue weighted by Gasteiger charge is -2.13. The molecule has 0 amide bonds. The predicted molar refractivity (Wildman–Crippen MR) is 92.4 cm³/mol. The molecule has 1 heterocycles. The molecule has 1 fully saturated rings. The zero-order valence-corrected chi connectivity index (χ0v) is 15.2. The molecule has 1 saturated heterocycles.